The number of esters is 2. The Morgan fingerprint density at radius 2 is 0.731 bits per heavy atom. The van der Waals surface area contributed by atoms with Crippen molar-refractivity contribution >= 4 is 11.9 Å². The van der Waals surface area contributed by atoms with Crippen LogP contribution in [0.4, 0.5) is 0 Å². The highest BCUT2D eigenvalue weighted by Gasteiger charge is 2.22. The van der Waals surface area contributed by atoms with Crippen LogP contribution in [0, 0.1) is 0 Å². The molecule has 0 fully saturated rings. The van der Waals surface area contributed by atoms with Crippen LogP contribution in [0.1, 0.15) is 13.8 Å². The zero-order valence-corrected chi connectivity index (χ0v) is 29.4. The minimum atomic E-state index is -0.788. The number of para-hydroxylation sites is 4. The van der Waals surface area contributed by atoms with Gasteiger partial charge in [-0.2, -0.15) is 0 Å². The number of hydrogen-bond acceptors (Lipinski definition) is 8. The van der Waals surface area contributed by atoms with Gasteiger partial charge in [-0.15, -0.1) is 0 Å². The Morgan fingerprint density at radius 3 is 1.08 bits per heavy atom. The van der Waals surface area contributed by atoms with Crippen molar-refractivity contribution in [2.24, 2.45) is 0 Å². The molecule has 0 bridgehead atoms. The van der Waals surface area contributed by atoms with Crippen LogP contribution in [-0.2, 0) is 19.1 Å². The summed E-state index contributed by atoms with van der Waals surface area (Å²) in [4.78, 5) is 25.2. The Kier molecular flexibility index (Phi) is 13.3. The van der Waals surface area contributed by atoms with Crippen LogP contribution >= 0.6 is 0 Å². The molecule has 0 aromatic heterocycles. The lowest BCUT2D eigenvalue weighted by molar-refractivity contribution is -0.148. The van der Waals surface area contributed by atoms with Gasteiger partial charge in [-0.05, 0) is 49.2 Å². The summed E-state index contributed by atoms with van der Waals surface area (Å²) in [5.74, 6) is 0.937. The van der Waals surface area contributed by atoms with Crippen molar-refractivity contribution in [3.8, 4) is 45.3 Å². The van der Waals surface area contributed by atoms with Gasteiger partial charge < -0.3 is 28.4 Å². The molecule has 8 nitrogen and oxygen atoms in total. The van der Waals surface area contributed by atoms with Crippen molar-refractivity contribution in [3.63, 3.8) is 0 Å². The van der Waals surface area contributed by atoms with Gasteiger partial charge >= 0.3 is 11.9 Å². The van der Waals surface area contributed by atoms with Gasteiger partial charge in [-0.3, -0.25) is 0 Å². The number of benzene rings is 5. The first-order valence-electron chi connectivity index (χ1n) is 16.9. The van der Waals surface area contributed by atoms with Crippen LogP contribution in [0.25, 0.3) is 22.3 Å². The number of carbonyl (C=O) groups is 2. The number of carbonyl (C=O) groups excluding carboxylic acids is 2. The molecule has 2 atom stereocenters. The van der Waals surface area contributed by atoms with Gasteiger partial charge in [0.15, 0.2) is 23.7 Å². The molecule has 0 aliphatic rings. The first-order valence-corrected chi connectivity index (χ1v) is 16.9. The molecule has 0 saturated carbocycles. The van der Waals surface area contributed by atoms with Gasteiger partial charge in [-0.1, -0.05) is 122 Å². The summed E-state index contributed by atoms with van der Waals surface area (Å²) in [6.07, 6.45) is -1.58. The predicted molar refractivity (Wildman–Crippen MR) is 202 cm³/mol. The van der Waals surface area contributed by atoms with Crippen molar-refractivity contribution in [3.05, 3.63) is 158 Å². The smallest absolute Gasteiger partial charge is 0.333 e. The van der Waals surface area contributed by atoms with E-state index < -0.39 is 24.1 Å². The van der Waals surface area contributed by atoms with Crippen molar-refractivity contribution in [1.29, 1.82) is 0 Å². The topological polar surface area (TPSA) is 89.5 Å². The molecule has 0 aliphatic heterocycles. The highest BCUT2D eigenvalue weighted by Crippen LogP contribution is 2.32. The van der Waals surface area contributed by atoms with Crippen LogP contribution in [0.15, 0.2) is 158 Å². The van der Waals surface area contributed by atoms with Crippen molar-refractivity contribution < 1.29 is 38.0 Å². The van der Waals surface area contributed by atoms with Crippen molar-refractivity contribution in [2.75, 3.05) is 26.4 Å². The molecule has 0 radical (unpaired) electrons. The summed E-state index contributed by atoms with van der Waals surface area (Å²) in [5.41, 5.74) is 4.30. The zero-order valence-electron chi connectivity index (χ0n) is 29.4. The zero-order chi connectivity index (χ0) is 36.7. The van der Waals surface area contributed by atoms with E-state index in [-0.39, 0.29) is 37.6 Å². The van der Waals surface area contributed by atoms with E-state index in [2.05, 4.69) is 13.2 Å². The Hall–Kier alpha value is -6.28. The fourth-order valence-electron chi connectivity index (χ4n) is 5.05. The average molecular weight is 699 g/mol. The standard InChI is InChI=1S/C44H42O8/c1-31(2)43(45)51-35(27-47-39-23-13-11-21-37(39)33-17-7-5-8-18-33)29-49-41-25-15-16-26-42(41)50-30-36(52-44(46)32(3)4)28-48-40-24-14-12-22-38(40)34-19-9-6-10-20-34/h5-26,35-36H,1,3,27-30H2,2,4H3. The molecule has 2 unspecified atom stereocenters. The minimum absolute atomic E-state index is 0.0205. The van der Waals surface area contributed by atoms with E-state index in [1.165, 1.54) is 0 Å². The van der Waals surface area contributed by atoms with Gasteiger partial charge in [0.25, 0.3) is 0 Å². The van der Waals surface area contributed by atoms with E-state index >= 15 is 0 Å². The molecule has 0 saturated heterocycles. The largest absolute Gasteiger partial charge is 0.489 e. The summed E-state index contributed by atoms with van der Waals surface area (Å²) in [7, 11) is 0. The molecule has 0 amide bonds. The van der Waals surface area contributed by atoms with Crippen LogP contribution in [0.5, 0.6) is 23.0 Å². The normalized spacial score (nSPS) is 11.7. The van der Waals surface area contributed by atoms with E-state index in [0.717, 1.165) is 22.3 Å². The maximum absolute atomic E-state index is 12.6. The van der Waals surface area contributed by atoms with Gasteiger partial charge in [0.05, 0.1) is 0 Å². The third-order valence-electron chi connectivity index (χ3n) is 7.74. The van der Waals surface area contributed by atoms with Crippen LogP contribution in [-0.4, -0.2) is 50.6 Å². The van der Waals surface area contributed by atoms with E-state index in [1.54, 1.807) is 38.1 Å². The fraction of sp³-hybridized carbons (Fsp3) is 0.182. The van der Waals surface area contributed by atoms with Crippen molar-refractivity contribution in [2.45, 2.75) is 26.1 Å². The van der Waals surface area contributed by atoms with Gasteiger partial charge in [0, 0.05) is 22.3 Å². The maximum Gasteiger partial charge on any atom is 0.333 e. The van der Waals surface area contributed by atoms with Crippen LogP contribution in [0.3, 0.4) is 0 Å². The predicted octanol–water partition coefficient (Wildman–Crippen LogP) is 8.91. The lowest BCUT2D eigenvalue weighted by Gasteiger charge is -2.22. The first-order chi connectivity index (χ1) is 25.3. The second-order valence-electron chi connectivity index (χ2n) is 12.0. The molecule has 5 aromatic carbocycles. The second kappa shape index (κ2) is 18.6. The third kappa shape index (κ3) is 10.6. The Morgan fingerprint density at radius 1 is 0.442 bits per heavy atom. The molecular formula is C44H42O8. The summed E-state index contributed by atoms with van der Waals surface area (Å²) in [6.45, 7) is 10.5. The summed E-state index contributed by atoms with van der Waals surface area (Å²) in [5, 5.41) is 0. The molecule has 0 N–H and O–H groups in total. The number of ether oxygens (including phenoxy) is 6. The molecule has 52 heavy (non-hydrogen) atoms. The summed E-state index contributed by atoms with van der Waals surface area (Å²) in [6, 6.07) is 42.1. The first kappa shape index (κ1) is 37.0. The molecule has 5 rings (SSSR count). The molecule has 0 spiro atoms. The molecular weight excluding hydrogens is 656 g/mol. The summed E-state index contributed by atoms with van der Waals surface area (Å²) >= 11 is 0. The second-order valence-corrected chi connectivity index (χ2v) is 12.0. The van der Waals surface area contributed by atoms with Crippen molar-refractivity contribution in [1.82, 2.24) is 0 Å². The fourth-order valence-corrected chi connectivity index (χ4v) is 5.05. The van der Waals surface area contributed by atoms with Gasteiger partial charge in [0.2, 0.25) is 0 Å². The van der Waals surface area contributed by atoms with Crippen LogP contribution in [0.2, 0.25) is 0 Å². The van der Waals surface area contributed by atoms with E-state index in [1.807, 2.05) is 109 Å². The van der Waals surface area contributed by atoms with E-state index in [0.29, 0.717) is 23.0 Å². The lowest BCUT2D eigenvalue weighted by atomic mass is 10.1. The molecule has 0 heterocycles. The average Bonchev–Trinajstić information content (AvgIpc) is 3.18. The van der Waals surface area contributed by atoms with Gasteiger partial charge in [-0.25, -0.2) is 9.59 Å². The lowest BCUT2D eigenvalue weighted by Crippen LogP contribution is -2.32. The highest BCUT2D eigenvalue weighted by atomic mass is 16.6. The molecule has 0 aliphatic carbocycles. The number of hydrogen-bond donors (Lipinski definition) is 0. The van der Waals surface area contributed by atoms with E-state index in [9.17, 15) is 9.59 Å². The quantitative estimate of drug-likeness (QED) is 0.0662. The van der Waals surface area contributed by atoms with E-state index in [4.69, 9.17) is 28.4 Å². The monoisotopic (exact) mass is 698 g/mol. The highest BCUT2D eigenvalue weighted by molar-refractivity contribution is 5.87. The maximum atomic E-state index is 12.6. The summed E-state index contributed by atoms with van der Waals surface area (Å²) < 4.78 is 36.1. The third-order valence-corrected chi connectivity index (χ3v) is 7.74. The Labute approximate surface area is 304 Å². The SMILES string of the molecule is C=C(C)C(=O)OC(COc1ccccc1OCC(COc1ccccc1-c1ccccc1)OC(=O)C(=C)C)COc1ccccc1-c1ccccc1. The van der Waals surface area contributed by atoms with Crippen LogP contribution < -0.4 is 18.9 Å². The van der Waals surface area contributed by atoms with Gasteiger partial charge in [0.1, 0.15) is 37.9 Å². The Bertz CT molecular complexity index is 1810. The molecule has 5 aromatic rings. The molecule has 8 heteroatoms. The molecule has 266 valence electrons. The Balaban J connectivity index is 1.27. The minimum Gasteiger partial charge on any atom is -0.489 e. The number of rotatable bonds is 18.